The van der Waals surface area contributed by atoms with Gasteiger partial charge in [-0.15, -0.1) is 5.10 Å². The third-order valence-electron chi connectivity index (χ3n) is 7.22. The van der Waals surface area contributed by atoms with Crippen LogP contribution in [-0.4, -0.2) is 25.0 Å². The smallest absolute Gasteiger partial charge is 0.123 e. The van der Waals surface area contributed by atoms with Gasteiger partial charge in [0.05, 0.1) is 46.4 Å². The number of hydrogen-bond donors (Lipinski definition) is 2. The maximum atomic E-state index is 13.9. The third-order valence-corrected chi connectivity index (χ3v) is 7.44. The molecule has 0 radical (unpaired) electrons. The van der Waals surface area contributed by atoms with Crippen molar-refractivity contribution in [1.82, 2.24) is 25.0 Å². The summed E-state index contributed by atoms with van der Waals surface area (Å²) in [5.74, 6) is -0.346. The van der Waals surface area contributed by atoms with Gasteiger partial charge in [-0.3, -0.25) is 9.97 Å². The van der Waals surface area contributed by atoms with E-state index in [-0.39, 0.29) is 11.9 Å². The van der Waals surface area contributed by atoms with Crippen molar-refractivity contribution < 1.29 is 4.39 Å². The second kappa shape index (κ2) is 12.3. The highest BCUT2D eigenvalue weighted by Crippen LogP contribution is 2.38. The van der Waals surface area contributed by atoms with Crippen LogP contribution in [0.2, 0.25) is 5.02 Å². The van der Waals surface area contributed by atoms with E-state index in [4.69, 9.17) is 11.6 Å². The molecule has 3 aromatic heterocycles. The average Bonchev–Trinajstić information content (AvgIpc) is 3.54. The Morgan fingerprint density at radius 2 is 1.74 bits per heavy atom. The third kappa shape index (κ3) is 5.87. The van der Waals surface area contributed by atoms with Crippen LogP contribution < -0.4 is 10.6 Å². The second-order valence-corrected chi connectivity index (χ2v) is 10.4. The summed E-state index contributed by atoms with van der Waals surface area (Å²) >= 11 is 6.69. The molecular weight excluding hydrogens is 563 g/mol. The van der Waals surface area contributed by atoms with E-state index < -0.39 is 6.04 Å². The molecule has 0 unspecified atom stereocenters. The fourth-order valence-corrected chi connectivity index (χ4v) is 5.29. The van der Waals surface area contributed by atoms with E-state index in [1.165, 1.54) is 12.1 Å². The van der Waals surface area contributed by atoms with E-state index in [0.717, 1.165) is 23.2 Å². The molecule has 212 valence electrons. The number of hydrogen-bond acceptors (Lipinski definition) is 7. The maximum Gasteiger partial charge on any atom is 0.123 e. The Hall–Kier alpha value is -5.33. The second-order valence-electron chi connectivity index (χ2n) is 9.95. The van der Waals surface area contributed by atoms with Crippen molar-refractivity contribution in [2.45, 2.75) is 25.4 Å². The number of fused-ring (bicyclic) bond motifs is 1. The molecule has 0 saturated heterocycles. The molecule has 8 nitrogen and oxygen atoms in total. The van der Waals surface area contributed by atoms with Crippen LogP contribution in [0.3, 0.4) is 0 Å². The molecule has 0 aliphatic heterocycles. The molecule has 0 fully saturated rings. The van der Waals surface area contributed by atoms with E-state index in [1.807, 2.05) is 42.6 Å². The molecule has 43 heavy (non-hydrogen) atoms. The Kier molecular flexibility index (Phi) is 7.94. The summed E-state index contributed by atoms with van der Waals surface area (Å²) < 4.78 is 15.6. The quantitative estimate of drug-likeness (QED) is 0.179. The zero-order valence-electron chi connectivity index (χ0n) is 23.1. The highest BCUT2D eigenvalue weighted by atomic mass is 35.5. The van der Waals surface area contributed by atoms with Gasteiger partial charge in [-0.05, 0) is 53.9 Å². The van der Waals surface area contributed by atoms with Crippen LogP contribution in [0.25, 0.3) is 16.6 Å². The van der Waals surface area contributed by atoms with E-state index in [0.29, 0.717) is 38.6 Å². The molecule has 6 aromatic rings. The molecule has 2 N–H and O–H groups in total. The molecule has 0 amide bonds. The van der Waals surface area contributed by atoms with E-state index in [9.17, 15) is 9.65 Å². The Bertz CT molecular complexity index is 1900. The molecule has 3 aromatic carbocycles. The number of nitrogens with zero attached hydrogens (tertiary/aromatic N) is 6. The summed E-state index contributed by atoms with van der Waals surface area (Å²) in [6, 6.07) is 25.2. The Labute approximate surface area is 252 Å². The maximum absolute atomic E-state index is 13.9. The standard InChI is InChI=1S/C33H26ClFN8/c1-2-28(21-6-4-3-5-7-21)39-31-23(18-36)19-38-33-27(31)16-24(34)17-29(33)40-32(22-8-10-25(35)11-9-22)30-20-43(42-41-30)26-12-14-37-15-13-26/h3-17,19-20,28,32,40H,2H2,1H3,(H,38,39)/t28-,32+/m1/s1. The molecule has 0 spiro atoms. The lowest BCUT2D eigenvalue weighted by molar-refractivity contribution is 0.626. The van der Waals surface area contributed by atoms with Crippen molar-refractivity contribution in [3.63, 3.8) is 0 Å². The van der Waals surface area contributed by atoms with Crippen molar-refractivity contribution >= 4 is 33.9 Å². The van der Waals surface area contributed by atoms with Crippen molar-refractivity contribution in [3.05, 3.63) is 137 Å². The molecular formula is C33H26ClFN8. The van der Waals surface area contributed by atoms with Gasteiger partial charge < -0.3 is 10.6 Å². The minimum Gasteiger partial charge on any atom is -0.377 e. The molecule has 0 aliphatic rings. The molecule has 0 bridgehead atoms. The summed E-state index contributed by atoms with van der Waals surface area (Å²) in [5, 5.41) is 27.0. The van der Waals surface area contributed by atoms with Gasteiger partial charge in [0.15, 0.2) is 0 Å². The lowest BCUT2D eigenvalue weighted by Gasteiger charge is -2.23. The van der Waals surface area contributed by atoms with Gasteiger partial charge in [-0.1, -0.05) is 66.2 Å². The molecule has 10 heteroatoms. The summed E-state index contributed by atoms with van der Waals surface area (Å²) in [6.07, 6.45) is 7.53. The zero-order valence-corrected chi connectivity index (χ0v) is 23.9. The highest BCUT2D eigenvalue weighted by Gasteiger charge is 2.22. The van der Waals surface area contributed by atoms with Gasteiger partial charge >= 0.3 is 0 Å². The first-order valence-corrected chi connectivity index (χ1v) is 14.1. The van der Waals surface area contributed by atoms with Gasteiger partial charge in [0.2, 0.25) is 0 Å². The Balaban J connectivity index is 1.45. The first-order valence-electron chi connectivity index (χ1n) is 13.7. The lowest BCUT2D eigenvalue weighted by Crippen LogP contribution is -2.14. The van der Waals surface area contributed by atoms with Gasteiger partial charge in [0.1, 0.15) is 17.6 Å². The highest BCUT2D eigenvalue weighted by molar-refractivity contribution is 6.32. The predicted molar refractivity (Wildman–Crippen MR) is 166 cm³/mol. The number of anilines is 2. The number of aromatic nitrogens is 5. The average molecular weight is 589 g/mol. The fraction of sp³-hybridized carbons (Fsp3) is 0.121. The minimum atomic E-state index is -0.528. The summed E-state index contributed by atoms with van der Waals surface area (Å²) in [7, 11) is 0. The molecule has 0 saturated carbocycles. The molecule has 6 rings (SSSR count). The van der Waals surface area contributed by atoms with Crippen molar-refractivity contribution in [2.24, 2.45) is 0 Å². The number of nitrogens with one attached hydrogen (secondary N) is 2. The monoisotopic (exact) mass is 588 g/mol. The number of nitriles is 1. The summed E-state index contributed by atoms with van der Waals surface area (Å²) in [5.41, 5.74) is 5.55. The van der Waals surface area contributed by atoms with Crippen LogP contribution in [-0.2, 0) is 0 Å². The van der Waals surface area contributed by atoms with Crippen LogP contribution in [0.4, 0.5) is 15.8 Å². The number of halogens is 2. The van der Waals surface area contributed by atoms with Crippen LogP contribution in [0.1, 0.15) is 47.8 Å². The van der Waals surface area contributed by atoms with Crippen molar-refractivity contribution in [1.29, 1.82) is 5.26 Å². The van der Waals surface area contributed by atoms with E-state index in [2.05, 4.69) is 56.0 Å². The zero-order chi connectivity index (χ0) is 29.8. The van der Waals surface area contributed by atoms with Gasteiger partial charge in [-0.25, -0.2) is 9.07 Å². The van der Waals surface area contributed by atoms with Gasteiger partial charge in [0, 0.05) is 29.0 Å². The number of rotatable bonds is 9. The molecule has 3 heterocycles. The first-order chi connectivity index (χ1) is 21.0. The van der Waals surface area contributed by atoms with E-state index in [1.54, 1.807) is 41.5 Å². The topological polar surface area (TPSA) is 104 Å². The van der Waals surface area contributed by atoms with Crippen LogP contribution in [0.15, 0.2) is 104 Å². The van der Waals surface area contributed by atoms with Crippen LogP contribution >= 0.6 is 11.6 Å². The first kappa shape index (κ1) is 27.8. The normalized spacial score (nSPS) is 12.4. The van der Waals surface area contributed by atoms with Gasteiger partial charge in [-0.2, -0.15) is 5.26 Å². The lowest BCUT2D eigenvalue weighted by atomic mass is 10.0. The predicted octanol–water partition coefficient (Wildman–Crippen LogP) is 7.64. The van der Waals surface area contributed by atoms with Crippen molar-refractivity contribution in [2.75, 3.05) is 10.6 Å². The number of benzene rings is 3. The minimum absolute atomic E-state index is 0.0375. The van der Waals surface area contributed by atoms with Crippen molar-refractivity contribution in [3.8, 4) is 11.8 Å². The molecule has 0 aliphatic carbocycles. The molecule has 2 atom stereocenters. The SMILES string of the molecule is CC[C@@H](Nc1c(C#N)cnc2c(N[C@@H](c3ccc(F)cc3)c3cn(-c4ccncc4)nn3)cc(Cl)cc12)c1ccccc1. The fourth-order valence-electron chi connectivity index (χ4n) is 5.07. The number of pyridine rings is 2. The Morgan fingerprint density at radius 1 is 0.977 bits per heavy atom. The van der Waals surface area contributed by atoms with Crippen LogP contribution in [0, 0.1) is 17.1 Å². The summed E-state index contributed by atoms with van der Waals surface area (Å²) in [4.78, 5) is 8.74. The van der Waals surface area contributed by atoms with E-state index >= 15 is 0 Å². The van der Waals surface area contributed by atoms with Crippen LogP contribution in [0.5, 0.6) is 0 Å². The Morgan fingerprint density at radius 3 is 2.47 bits per heavy atom. The van der Waals surface area contributed by atoms with Gasteiger partial charge in [0.25, 0.3) is 0 Å². The summed E-state index contributed by atoms with van der Waals surface area (Å²) in [6.45, 7) is 2.09. The largest absolute Gasteiger partial charge is 0.377 e.